The molecule has 6 heteroatoms. The molecule has 3 heterocycles. The molecule has 0 radical (unpaired) electrons. The molecule has 1 aromatic carbocycles. The molecule has 1 spiro atoms. The van der Waals surface area contributed by atoms with Gasteiger partial charge in [-0.3, -0.25) is 14.9 Å². The van der Waals surface area contributed by atoms with E-state index in [1.807, 2.05) is 6.07 Å². The number of amides is 2. The third-order valence-electron chi connectivity index (χ3n) is 5.79. The van der Waals surface area contributed by atoms with Gasteiger partial charge in [-0.2, -0.15) is 0 Å². The lowest BCUT2D eigenvalue weighted by molar-refractivity contribution is -0.134. The highest BCUT2D eigenvalue weighted by molar-refractivity contribution is 6.00. The smallest absolute Gasteiger partial charge is 0.234 e. The Kier molecular flexibility index (Phi) is 3.79. The number of carbonyl (C=O) groups is 2. The Balaban J connectivity index is 1.48. The van der Waals surface area contributed by atoms with Crippen LogP contribution in [-0.4, -0.2) is 38.0 Å². The molecule has 3 aliphatic rings. The quantitative estimate of drug-likeness (QED) is 0.807. The third-order valence-corrected chi connectivity index (χ3v) is 5.79. The zero-order valence-corrected chi connectivity index (χ0v) is 13.6. The van der Waals surface area contributed by atoms with Crippen LogP contribution in [0.25, 0.3) is 0 Å². The number of halogens is 1. The Morgan fingerprint density at radius 1 is 1.17 bits per heavy atom. The first-order valence-electron chi connectivity index (χ1n) is 8.65. The van der Waals surface area contributed by atoms with Gasteiger partial charge in [0.05, 0.1) is 5.92 Å². The second-order valence-corrected chi connectivity index (χ2v) is 7.30. The van der Waals surface area contributed by atoms with Crippen molar-refractivity contribution in [3.05, 3.63) is 29.6 Å². The van der Waals surface area contributed by atoms with E-state index in [-0.39, 0.29) is 18.1 Å². The van der Waals surface area contributed by atoms with Gasteiger partial charge in [0.15, 0.2) is 0 Å². The van der Waals surface area contributed by atoms with Crippen molar-refractivity contribution < 1.29 is 14.0 Å². The number of anilines is 1. The summed E-state index contributed by atoms with van der Waals surface area (Å²) >= 11 is 0. The molecule has 3 fully saturated rings. The maximum Gasteiger partial charge on any atom is 0.234 e. The van der Waals surface area contributed by atoms with Crippen molar-refractivity contribution in [1.82, 2.24) is 10.6 Å². The number of nitrogens with zero attached hydrogens (tertiary/aromatic N) is 1. The minimum absolute atomic E-state index is 0.264. The fourth-order valence-corrected chi connectivity index (χ4v) is 4.06. The number of carbonyl (C=O) groups excluding carboxylic acids is 2. The Morgan fingerprint density at radius 3 is 2.50 bits per heavy atom. The molecule has 4 rings (SSSR count). The summed E-state index contributed by atoms with van der Waals surface area (Å²) in [6, 6.07) is 5.15. The predicted molar refractivity (Wildman–Crippen MR) is 88.3 cm³/mol. The number of hydrogen-bond acceptors (Lipinski definition) is 4. The molecule has 1 atom stereocenters. The van der Waals surface area contributed by atoms with Crippen molar-refractivity contribution in [2.75, 3.05) is 31.1 Å². The lowest BCUT2D eigenvalue weighted by atomic mass is 9.73. The predicted octanol–water partition coefficient (Wildman–Crippen LogP) is 1.54. The van der Waals surface area contributed by atoms with Gasteiger partial charge in [-0.05, 0) is 36.8 Å². The van der Waals surface area contributed by atoms with Gasteiger partial charge in [0.2, 0.25) is 11.8 Å². The summed E-state index contributed by atoms with van der Waals surface area (Å²) in [7, 11) is 0. The molecule has 3 aliphatic heterocycles. The lowest BCUT2D eigenvalue weighted by Gasteiger charge is -2.49. The highest BCUT2D eigenvalue weighted by Crippen LogP contribution is 2.37. The molecule has 5 nitrogen and oxygen atoms in total. The maximum absolute atomic E-state index is 14.6. The largest absolute Gasteiger partial charge is 0.371 e. The Labute approximate surface area is 140 Å². The zero-order chi connectivity index (χ0) is 16.7. The van der Waals surface area contributed by atoms with Crippen LogP contribution in [0.2, 0.25) is 0 Å². The molecule has 0 saturated carbocycles. The summed E-state index contributed by atoms with van der Waals surface area (Å²) in [4.78, 5) is 25.4. The molecule has 0 bridgehead atoms. The van der Waals surface area contributed by atoms with Gasteiger partial charge in [0, 0.05) is 43.9 Å². The van der Waals surface area contributed by atoms with Crippen molar-refractivity contribution >= 4 is 17.5 Å². The second-order valence-electron chi connectivity index (χ2n) is 7.30. The first kappa shape index (κ1) is 15.6. The first-order valence-corrected chi connectivity index (χ1v) is 8.65. The van der Waals surface area contributed by atoms with Gasteiger partial charge in [0.1, 0.15) is 5.82 Å². The van der Waals surface area contributed by atoms with Gasteiger partial charge in [-0.1, -0.05) is 6.07 Å². The van der Waals surface area contributed by atoms with E-state index in [0.717, 1.165) is 44.7 Å². The molecule has 0 aromatic heterocycles. The number of hydrogen-bond donors (Lipinski definition) is 2. The molecular formula is C18H22FN3O2. The molecule has 1 aromatic rings. The van der Waals surface area contributed by atoms with E-state index in [1.165, 1.54) is 6.07 Å². The second kappa shape index (κ2) is 5.84. The Bertz CT molecular complexity index is 677. The molecule has 2 amide bonds. The maximum atomic E-state index is 14.6. The summed E-state index contributed by atoms with van der Waals surface area (Å²) in [5.74, 6) is -1.59. The summed E-state index contributed by atoms with van der Waals surface area (Å²) < 4.78 is 14.6. The summed E-state index contributed by atoms with van der Waals surface area (Å²) in [6.45, 7) is 4.09. The number of imide groups is 1. The van der Waals surface area contributed by atoms with Crippen molar-refractivity contribution in [1.29, 1.82) is 0 Å². The monoisotopic (exact) mass is 331 g/mol. The SMILES string of the molecule is O=C1CCC(c2ccc(N3CCC4(CC3)CNC4)cc2F)C(=O)N1. The average Bonchev–Trinajstić information content (AvgIpc) is 2.54. The van der Waals surface area contributed by atoms with Gasteiger partial charge >= 0.3 is 0 Å². The fraction of sp³-hybridized carbons (Fsp3) is 0.556. The minimum atomic E-state index is -0.567. The molecule has 0 aliphatic carbocycles. The van der Waals surface area contributed by atoms with Crippen LogP contribution in [-0.2, 0) is 9.59 Å². The molecule has 2 N–H and O–H groups in total. The summed E-state index contributed by atoms with van der Waals surface area (Å²) in [5.41, 5.74) is 1.73. The van der Waals surface area contributed by atoms with Gasteiger partial charge < -0.3 is 10.2 Å². The molecule has 1 unspecified atom stereocenters. The Morgan fingerprint density at radius 2 is 1.92 bits per heavy atom. The summed E-state index contributed by atoms with van der Waals surface area (Å²) in [6.07, 6.45) is 2.91. The zero-order valence-electron chi connectivity index (χ0n) is 13.6. The van der Waals surface area contributed by atoms with Gasteiger partial charge in [-0.25, -0.2) is 4.39 Å². The van der Waals surface area contributed by atoms with Crippen LogP contribution in [0, 0.1) is 11.2 Å². The molecule has 3 saturated heterocycles. The van der Waals surface area contributed by atoms with Gasteiger partial charge in [0.25, 0.3) is 0 Å². The number of piperidine rings is 2. The van der Waals surface area contributed by atoms with E-state index >= 15 is 0 Å². The van der Waals surface area contributed by atoms with E-state index < -0.39 is 11.8 Å². The first-order chi connectivity index (χ1) is 11.6. The van der Waals surface area contributed by atoms with Crippen LogP contribution < -0.4 is 15.5 Å². The van der Waals surface area contributed by atoms with E-state index in [4.69, 9.17) is 0 Å². The normalized spacial score (nSPS) is 26.2. The Hall–Kier alpha value is -1.95. The van der Waals surface area contributed by atoms with E-state index in [1.54, 1.807) is 6.07 Å². The average molecular weight is 331 g/mol. The van der Waals surface area contributed by atoms with Crippen LogP contribution in [0.15, 0.2) is 18.2 Å². The highest BCUT2D eigenvalue weighted by Gasteiger charge is 2.39. The standard InChI is InChI=1S/C18H22FN3O2/c19-15-9-12(22-7-5-18(6-8-22)10-20-11-18)1-2-13(15)14-3-4-16(23)21-17(14)24/h1-2,9,14,20H,3-8,10-11H2,(H,21,23,24). The van der Waals surface area contributed by atoms with Crippen molar-refractivity contribution in [3.8, 4) is 0 Å². The topological polar surface area (TPSA) is 61.4 Å². The third kappa shape index (κ3) is 2.69. The van der Waals surface area contributed by atoms with E-state index in [9.17, 15) is 14.0 Å². The van der Waals surface area contributed by atoms with Crippen LogP contribution in [0.1, 0.15) is 37.2 Å². The highest BCUT2D eigenvalue weighted by atomic mass is 19.1. The van der Waals surface area contributed by atoms with E-state index in [0.29, 0.717) is 17.4 Å². The number of benzene rings is 1. The van der Waals surface area contributed by atoms with Crippen LogP contribution in [0.3, 0.4) is 0 Å². The van der Waals surface area contributed by atoms with Crippen molar-refractivity contribution in [2.45, 2.75) is 31.6 Å². The molecule has 128 valence electrons. The lowest BCUT2D eigenvalue weighted by Crippen LogP contribution is -2.58. The van der Waals surface area contributed by atoms with E-state index in [2.05, 4.69) is 15.5 Å². The number of rotatable bonds is 2. The summed E-state index contributed by atoms with van der Waals surface area (Å²) in [5, 5.41) is 5.64. The minimum Gasteiger partial charge on any atom is -0.371 e. The molecule has 24 heavy (non-hydrogen) atoms. The van der Waals surface area contributed by atoms with Gasteiger partial charge in [-0.15, -0.1) is 0 Å². The van der Waals surface area contributed by atoms with Crippen molar-refractivity contribution in [2.24, 2.45) is 5.41 Å². The fourth-order valence-electron chi connectivity index (χ4n) is 4.06. The van der Waals surface area contributed by atoms with Crippen LogP contribution in [0.5, 0.6) is 0 Å². The van der Waals surface area contributed by atoms with Crippen LogP contribution in [0.4, 0.5) is 10.1 Å². The van der Waals surface area contributed by atoms with Crippen LogP contribution >= 0.6 is 0 Å². The number of nitrogens with one attached hydrogen (secondary N) is 2. The molecular weight excluding hydrogens is 309 g/mol. The van der Waals surface area contributed by atoms with Crippen molar-refractivity contribution in [3.63, 3.8) is 0 Å².